The fourth-order valence-electron chi connectivity index (χ4n) is 3.84. The number of benzene rings is 2. The molecule has 2 rings (SSSR count). The molecule has 0 fully saturated rings. The van der Waals surface area contributed by atoms with Gasteiger partial charge in [-0.2, -0.15) is 0 Å². The van der Waals surface area contributed by atoms with Crippen LogP contribution in [-0.4, -0.2) is 50.4 Å². The summed E-state index contributed by atoms with van der Waals surface area (Å²) in [7, 11) is 5.01. The topological polar surface area (TPSA) is 61.4 Å². The zero-order valence-corrected chi connectivity index (χ0v) is 20.3. The van der Waals surface area contributed by atoms with E-state index < -0.39 is 17.5 Å². The molecule has 0 aromatic heterocycles. The van der Waals surface area contributed by atoms with Gasteiger partial charge in [-0.3, -0.25) is 9.59 Å². The Morgan fingerprint density at radius 2 is 1.67 bits per heavy atom. The number of halogens is 2. The lowest BCUT2D eigenvalue weighted by molar-refractivity contribution is -0.122. The lowest BCUT2D eigenvalue weighted by Crippen LogP contribution is -2.42. The largest absolute Gasteiger partial charge is 0.355 e. The van der Waals surface area contributed by atoms with Crippen molar-refractivity contribution in [3.63, 3.8) is 0 Å². The van der Waals surface area contributed by atoms with Gasteiger partial charge in [-0.1, -0.05) is 51.1 Å². The third kappa shape index (κ3) is 7.35. The number of rotatable bonds is 9. The molecule has 0 saturated heterocycles. The van der Waals surface area contributed by atoms with Crippen molar-refractivity contribution < 1.29 is 18.4 Å². The highest BCUT2D eigenvalue weighted by atomic mass is 19.1. The molecule has 0 heterocycles. The Morgan fingerprint density at radius 1 is 1.03 bits per heavy atom. The summed E-state index contributed by atoms with van der Waals surface area (Å²) in [5.41, 5.74) is 0.831. The van der Waals surface area contributed by atoms with Crippen LogP contribution in [0.25, 0.3) is 0 Å². The van der Waals surface area contributed by atoms with Gasteiger partial charge in [0.05, 0.1) is 5.56 Å². The zero-order chi connectivity index (χ0) is 24.8. The van der Waals surface area contributed by atoms with Gasteiger partial charge in [0, 0.05) is 26.1 Å². The molecule has 2 N–H and O–H groups in total. The monoisotopic (exact) mass is 459 g/mol. The van der Waals surface area contributed by atoms with Crippen LogP contribution in [-0.2, 0) is 11.2 Å². The fourth-order valence-corrected chi connectivity index (χ4v) is 3.84. The van der Waals surface area contributed by atoms with E-state index in [1.165, 1.54) is 7.05 Å². The van der Waals surface area contributed by atoms with E-state index in [2.05, 4.69) is 31.4 Å². The average Bonchev–Trinajstić information content (AvgIpc) is 2.75. The van der Waals surface area contributed by atoms with Crippen LogP contribution < -0.4 is 10.6 Å². The molecule has 0 aliphatic carbocycles. The molecule has 0 radical (unpaired) electrons. The molecular formula is C26H35F2N3O2. The van der Waals surface area contributed by atoms with Crippen molar-refractivity contribution in [2.24, 2.45) is 5.41 Å². The summed E-state index contributed by atoms with van der Waals surface area (Å²) in [6.45, 7) is 6.62. The van der Waals surface area contributed by atoms with Crippen molar-refractivity contribution in [2.45, 2.75) is 45.6 Å². The molecular weight excluding hydrogens is 424 g/mol. The highest BCUT2D eigenvalue weighted by Crippen LogP contribution is 2.37. The van der Waals surface area contributed by atoms with E-state index in [4.69, 9.17) is 0 Å². The number of carbonyl (C=O) groups is 2. The third-order valence-corrected chi connectivity index (χ3v) is 5.97. The number of hydrogen-bond donors (Lipinski definition) is 2. The second-order valence-electron chi connectivity index (χ2n) is 9.66. The molecule has 0 aliphatic rings. The minimum absolute atomic E-state index is 0.0419. The van der Waals surface area contributed by atoms with Crippen LogP contribution in [0.4, 0.5) is 8.78 Å². The van der Waals surface area contributed by atoms with E-state index in [0.717, 1.165) is 17.7 Å². The minimum Gasteiger partial charge on any atom is -0.355 e. The predicted molar refractivity (Wildman–Crippen MR) is 127 cm³/mol. The van der Waals surface area contributed by atoms with Gasteiger partial charge in [-0.25, -0.2) is 8.78 Å². The van der Waals surface area contributed by atoms with E-state index in [-0.39, 0.29) is 47.4 Å². The van der Waals surface area contributed by atoms with Crippen LogP contribution in [0.5, 0.6) is 0 Å². The van der Waals surface area contributed by atoms with Crippen LogP contribution in [0.15, 0.2) is 42.5 Å². The number of carbonyl (C=O) groups excluding carboxylic acids is 2. The van der Waals surface area contributed by atoms with Crippen molar-refractivity contribution in [2.75, 3.05) is 27.7 Å². The summed E-state index contributed by atoms with van der Waals surface area (Å²) in [5.74, 6) is -2.15. The van der Waals surface area contributed by atoms with Crippen molar-refractivity contribution >= 4 is 11.8 Å². The van der Waals surface area contributed by atoms with E-state index in [1.54, 1.807) is 0 Å². The Balaban J connectivity index is 2.09. The Hall–Kier alpha value is -2.80. The minimum atomic E-state index is -0.775. The highest BCUT2D eigenvalue weighted by Gasteiger charge is 2.29. The summed E-state index contributed by atoms with van der Waals surface area (Å²) in [6, 6.07) is 11.7. The van der Waals surface area contributed by atoms with Crippen molar-refractivity contribution in [1.82, 2.24) is 15.5 Å². The predicted octanol–water partition coefficient (Wildman–Crippen LogP) is 4.13. The van der Waals surface area contributed by atoms with Crippen LogP contribution in [0.3, 0.4) is 0 Å². The number of nitrogens with zero attached hydrogens (tertiary/aromatic N) is 1. The Bertz CT molecular complexity index is 956. The van der Waals surface area contributed by atoms with Gasteiger partial charge < -0.3 is 15.5 Å². The standard InChI is InChI=1S/C26H35F2N3O2/c1-26(2,3)21(17-10-8-7-9-11-17)15-24(32)30-16-19(31(5)6)12-18-13-23(28)20(14-22(18)27)25(33)29-4/h7-11,13-14,19,21H,12,15-16H2,1-6H3,(H,29,33)(H,30,32)/t19-,21+/m0/s1. The molecule has 5 nitrogen and oxygen atoms in total. The molecule has 2 amide bonds. The van der Waals surface area contributed by atoms with E-state index in [0.29, 0.717) is 6.42 Å². The quantitative estimate of drug-likeness (QED) is 0.593. The lowest BCUT2D eigenvalue weighted by Gasteiger charge is -2.31. The number of nitrogens with one attached hydrogen (secondary N) is 2. The first-order chi connectivity index (χ1) is 15.4. The van der Waals surface area contributed by atoms with Crippen LogP contribution in [0.1, 0.15) is 54.6 Å². The highest BCUT2D eigenvalue weighted by molar-refractivity contribution is 5.94. The molecule has 0 bridgehead atoms. The number of hydrogen-bond acceptors (Lipinski definition) is 3. The van der Waals surface area contributed by atoms with Gasteiger partial charge in [-0.15, -0.1) is 0 Å². The average molecular weight is 460 g/mol. The molecule has 0 saturated carbocycles. The molecule has 180 valence electrons. The number of likely N-dealkylation sites (N-methyl/N-ethyl adjacent to an activating group) is 1. The molecule has 0 spiro atoms. The normalized spacial score (nSPS) is 13.5. The number of amides is 2. The maximum atomic E-state index is 14.6. The first-order valence-electron chi connectivity index (χ1n) is 11.1. The van der Waals surface area contributed by atoms with Gasteiger partial charge in [0.25, 0.3) is 5.91 Å². The van der Waals surface area contributed by atoms with Gasteiger partial charge in [0.15, 0.2) is 0 Å². The van der Waals surface area contributed by atoms with Crippen molar-refractivity contribution in [3.8, 4) is 0 Å². The van der Waals surface area contributed by atoms with Crippen molar-refractivity contribution in [3.05, 3.63) is 70.8 Å². The molecule has 33 heavy (non-hydrogen) atoms. The molecule has 0 unspecified atom stereocenters. The van der Waals surface area contributed by atoms with Crippen molar-refractivity contribution in [1.29, 1.82) is 0 Å². The van der Waals surface area contributed by atoms with Gasteiger partial charge in [-0.05, 0) is 55.1 Å². The zero-order valence-electron chi connectivity index (χ0n) is 20.3. The van der Waals surface area contributed by atoms with E-state index >= 15 is 0 Å². The van der Waals surface area contributed by atoms with Gasteiger partial charge in [0.1, 0.15) is 11.6 Å². The Morgan fingerprint density at radius 3 is 2.21 bits per heavy atom. The third-order valence-electron chi connectivity index (χ3n) is 5.97. The molecule has 7 heteroatoms. The smallest absolute Gasteiger partial charge is 0.254 e. The second kappa shape index (κ2) is 11.4. The summed E-state index contributed by atoms with van der Waals surface area (Å²) in [5, 5.41) is 5.27. The van der Waals surface area contributed by atoms with E-state index in [1.807, 2.05) is 49.3 Å². The summed E-state index contributed by atoms with van der Waals surface area (Å²) >= 11 is 0. The summed E-state index contributed by atoms with van der Waals surface area (Å²) < 4.78 is 28.9. The van der Waals surface area contributed by atoms with Gasteiger partial charge >= 0.3 is 0 Å². The van der Waals surface area contributed by atoms with Gasteiger partial charge in [0.2, 0.25) is 5.91 Å². The molecule has 0 aliphatic heterocycles. The lowest BCUT2D eigenvalue weighted by atomic mass is 9.74. The SMILES string of the molecule is CNC(=O)c1cc(F)c(C[C@@H](CNC(=O)C[C@H](c2ccccc2)C(C)(C)C)N(C)C)cc1F. The Labute approximate surface area is 195 Å². The first kappa shape index (κ1) is 26.5. The molecule has 2 atom stereocenters. The second-order valence-corrected chi connectivity index (χ2v) is 9.66. The molecule has 2 aromatic carbocycles. The first-order valence-corrected chi connectivity index (χ1v) is 11.1. The summed E-state index contributed by atoms with van der Waals surface area (Å²) in [6.07, 6.45) is 0.517. The van der Waals surface area contributed by atoms with Crippen LogP contribution in [0.2, 0.25) is 0 Å². The maximum Gasteiger partial charge on any atom is 0.254 e. The van der Waals surface area contributed by atoms with E-state index in [9.17, 15) is 18.4 Å². The fraction of sp³-hybridized carbons (Fsp3) is 0.462. The Kier molecular flexibility index (Phi) is 9.11. The maximum absolute atomic E-state index is 14.6. The van der Waals surface area contributed by atoms with Crippen LogP contribution >= 0.6 is 0 Å². The van der Waals surface area contributed by atoms with Crippen LogP contribution in [0, 0.1) is 17.0 Å². The summed E-state index contributed by atoms with van der Waals surface area (Å²) in [4.78, 5) is 26.4. The molecule has 2 aromatic rings.